The van der Waals surface area contributed by atoms with Gasteiger partial charge >= 0.3 is 5.97 Å². The Bertz CT molecular complexity index is 565. The summed E-state index contributed by atoms with van der Waals surface area (Å²) in [5.74, 6) is -2.95. The van der Waals surface area contributed by atoms with E-state index in [0.29, 0.717) is 6.42 Å². The van der Waals surface area contributed by atoms with Crippen LogP contribution < -0.4 is 21.7 Å². The van der Waals surface area contributed by atoms with Gasteiger partial charge in [0.2, 0.25) is 17.7 Å². The summed E-state index contributed by atoms with van der Waals surface area (Å²) in [6.45, 7) is 8.82. The minimum atomic E-state index is -1.36. The Morgan fingerprint density at radius 1 is 0.828 bits per heavy atom. The highest BCUT2D eigenvalue weighted by atomic mass is 16.4. The second kappa shape index (κ2) is 13.1. The van der Waals surface area contributed by atoms with Gasteiger partial charge in [-0.05, 0) is 31.6 Å². The summed E-state index contributed by atoms with van der Waals surface area (Å²) in [7, 11) is 0. The number of amides is 3. The van der Waals surface area contributed by atoms with E-state index in [1.807, 2.05) is 27.7 Å². The van der Waals surface area contributed by atoms with Gasteiger partial charge in [-0.2, -0.15) is 0 Å². The lowest BCUT2D eigenvalue weighted by atomic mass is 10.0. The molecule has 4 atom stereocenters. The van der Waals surface area contributed by atoms with Crippen molar-refractivity contribution in [2.24, 2.45) is 17.6 Å². The summed E-state index contributed by atoms with van der Waals surface area (Å²) < 4.78 is 0. The summed E-state index contributed by atoms with van der Waals surface area (Å²) in [5.41, 5.74) is 5.35. The number of carboxylic acids is 1. The highest BCUT2D eigenvalue weighted by Gasteiger charge is 2.32. The third-order valence-corrected chi connectivity index (χ3v) is 4.11. The summed E-state index contributed by atoms with van der Waals surface area (Å²) in [6, 6.07) is -3.41. The number of hydrogen-bond acceptors (Lipinski definition) is 6. The number of nitrogens with one attached hydrogen (secondary N) is 3. The molecule has 0 bridgehead atoms. The summed E-state index contributed by atoms with van der Waals surface area (Å²) in [6.07, 6.45) is -0.696. The van der Waals surface area contributed by atoms with Gasteiger partial charge in [0, 0.05) is 13.0 Å². The largest absolute Gasteiger partial charge is 0.480 e. The maximum absolute atomic E-state index is 12.7. The van der Waals surface area contributed by atoms with Crippen LogP contribution in [0.15, 0.2) is 0 Å². The van der Waals surface area contributed by atoms with E-state index in [4.69, 9.17) is 5.73 Å². The smallest absolute Gasteiger partial charge is 0.326 e. The molecule has 0 aliphatic rings. The van der Waals surface area contributed by atoms with Crippen LogP contribution in [0.3, 0.4) is 0 Å². The Morgan fingerprint density at radius 2 is 1.34 bits per heavy atom. The van der Waals surface area contributed by atoms with Gasteiger partial charge in [-0.25, -0.2) is 4.79 Å². The van der Waals surface area contributed by atoms with Crippen molar-refractivity contribution in [2.75, 3.05) is 6.54 Å². The summed E-state index contributed by atoms with van der Waals surface area (Å²) in [4.78, 5) is 48.4. The third kappa shape index (κ3) is 10.8. The van der Waals surface area contributed by atoms with Crippen LogP contribution in [0.2, 0.25) is 0 Å². The van der Waals surface area contributed by atoms with E-state index in [9.17, 15) is 29.4 Å². The molecule has 0 aliphatic heterocycles. The lowest BCUT2D eigenvalue weighted by Gasteiger charge is -2.27. The van der Waals surface area contributed by atoms with Crippen LogP contribution in [0.25, 0.3) is 0 Å². The van der Waals surface area contributed by atoms with Gasteiger partial charge in [0.05, 0.1) is 6.10 Å². The zero-order chi connectivity index (χ0) is 22.7. The topological polar surface area (TPSA) is 171 Å². The zero-order valence-corrected chi connectivity index (χ0v) is 17.9. The number of aliphatic hydroxyl groups is 1. The monoisotopic (exact) mass is 416 g/mol. The van der Waals surface area contributed by atoms with Crippen LogP contribution in [0, 0.1) is 11.8 Å². The lowest BCUT2D eigenvalue weighted by molar-refractivity contribution is -0.143. The van der Waals surface area contributed by atoms with Crippen molar-refractivity contribution >= 4 is 23.7 Å². The molecule has 10 nitrogen and oxygen atoms in total. The normalized spacial score (nSPS) is 15.3. The molecule has 0 aromatic rings. The average Bonchev–Trinajstić information content (AvgIpc) is 2.57. The van der Waals surface area contributed by atoms with Gasteiger partial charge in [0.1, 0.15) is 18.1 Å². The Kier molecular flexibility index (Phi) is 12.1. The molecule has 0 aliphatic carbocycles. The van der Waals surface area contributed by atoms with E-state index in [1.54, 1.807) is 0 Å². The molecular weight excluding hydrogens is 380 g/mol. The first-order valence-corrected chi connectivity index (χ1v) is 9.90. The number of carboxylic acid groups (broad SMARTS) is 1. The molecule has 0 aromatic heterocycles. The molecular formula is C19H36N4O6. The highest BCUT2D eigenvalue weighted by molar-refractivity contribution is 5.93. The molecule has 0 radical (unpaired) electrons. The van der Waals surface area contributed by atoms with Crippen LogP contribution >= 0.6 is 0 Å². The summed E-state index contributed by atoms with van der Waals surface area (Å²) >= 11 is 0. The predicted octanol–water partition coefficient (Wildman–Crippen LogP) is -0.653. The fourth-order valence-electron chi connectivity index (χ4n) is 2.71. The number of carbonyl (C=O) groups is 4. The number of carbonyl (C=O) groups excluding carboxylic acids is 3. The lowest BCUT2D eigenvalue weighted by Crippen LogP contribution is -2.59. The number of rotatable bonds is 13. The van der Waals surface area contributed by atoms with Gasteiger partial charge in [-0.1, -0.05) is 27.7 Å². The highest BCUT2D eigenvalue weighted by Crippen LogP contribution is 2.08. The average molecular weight is 417 g/mol. The van der Waals surface area contributed by atoms with E-state index >= 15 is 0 Å². The Morgan fingerprint density at radius 3 is 1.76 bits per heavy atom. The number of aliphatic carboxylic acids is 1. The van der Waals surface area contributed by atoms with Crippen LogP contribution in [0.4, 0.5) is 0 Å². The van der Waals surface area contributed by atoms with Gasteiger partial charge in [0.15, 0.2) is 0 Å². The Labute approximate surface area is 172 Å². The van der Waals surface area contributed by atoms with Crippen LogP contribution in [-0.4, -0.2) is 64.7 Å². The predicted molar refractivity (Wildman–Crippen MR) is 108 cm³/mol. The molecule has 29 heavy (non-hydrogen) atoms. The molecule has 0 heterocycles. The van der Waals surface area contributed by atoms with Crippen LogP contribution in [0.5, 0.6) is 0 Å². The molecule has 0 saturated carbocycles. The maximum atomic E-state index is 12.7. The van der Waals surface area contributed by atoms with Gasteiger partial charge in [-0.15, -0.1) is 0 Å². The van der Waals surface area contributed by atoms with E-state index in [2.05, 4.69) is 16.0 Å². The first-order valence-electron chi connectivity index (χ1n) is 9.90. The van der Waals surface area contributed by atoms with Crippen molar-refractivity contribution in [1.82, 2.24) is 16.0 Å². The first-order chi connectivity index (χ1) is 13.4. The van der Waals surface area contributed by atoms with Crippen LogP contribution in [-0.2, 0) is 19.2 Å². The van der Waals surface area contributed by atoms with Crippen molar-refractivity contribution in [3.8, 4) is 0 Å². The Hall–Kier alpha value is -2.20. The maximum Gasteiger partial charge on any atom is 0.326 e. The minimum absolute atomic E-state index is 0.0178. The summed E-state index contributed by atoms with van der Waals surface area (Å²) in [5, 5.41) is 26.6. The van der Waals surface area contributed by atoms with Crippen molar-refractivity contribution in [2.45, 2.75) is 78.1 Å². The molecule has 168 valence electrons. The van der Waals surface area contributed by atoms with Crippen LogP contribution in [0.1, 0.15) is 53.9 Å². The molecule has 7 N–H and O–H groups in total. The van der Waals surface area contributed by atoms with Gasteiger partial charge in [0.25, 0.3) is 0 Å². The molecule has 0 spiro atoms. The van der Waals surface area contributed by atoms with Crippen molar-refractivity contribution in [1.29, 1.82) is 0 Å². The van der Waals surface area contributed by atoms with Gasteiger partial charge < -0.3 is 31.9 Å². The zero-order valence-electron chi connectivity index (χ0n) is 17.9. The molecule has 10 heteroatoms. The molecule has 0 saturated heterocycles. The fraction of sp³-hybridized carbons (Fsp3) is 0.789. The SMILES string of the molecule is CC(C)C[C@H](NC(=O)[C@@H](NC(=O)[C@H](CC(C)C)NC(=O)CCN)[C@@H](C)O)C(=O)O. The van der Waals surface area contributed by atoms with E-state index < -0.39 is 47.9 Å². The fourth-order valence-corrected chi connectivity index (χ4v) is 2.71. The molecule has 0 aromatic carbocycles. The third-order valence-electron chi connectivity index (χ3n) is 4.11. The quantitative estimate of drug-likeness (QED) is 0.231. The Balaban J connectivity index is 5.29. The molecule has 0 rings (SSSR count). The van der Waals surface area contributed by atoms with Crippen molar-refractivity contribution in [3.63, 3.8) is 0 Å². The van der Waals surface area contributed by atoms with Gasteiger partial charge in [-0.3, -0.25) is 14.4 Å². The number of hydrogen-bond donors (Lipinski definition) is 6. The van der Waals surface area contributed by atoms with Crippen molar-refractivity contribution in [3.05, 3.63) is 0 Å². The molecule has 0 unspecified atom stereocenters. The van der Waals surface area contributed by atoms with E-state index in [-0.39, 0.29) is 31.2 Å². The second-order valence-corrected chi connectivity index (χ2v) is 8.04. The minimum Gasteiger partial charge on any atom is -0.480 e. The van der Waals surface area contributed by atoms with E-state index in [1.165, 1.54) is 6.92 Å². The van der Waals surface area contributed by atoms with Crippen molar-refractivity contribution < 1.29 is 29.4 Å². The molecule has 0 fully saturated rings. The first kappa shape index (κ1) is 26.8. The number of aliphatic hydroxyl groups excluding tert-OH is 1. The number of nitrogens with two attached hydrogens (primary N) is 1. The second-order valence-electron chi connectivity index (χ2n) is 8.04. The van der Waals surface area contributed by atoms with E-state index in [0.717, 1.165) is 0 Å². The standard InChI is InChI=1S/C19H36N4O6/c1-10(2)8-13(21-15(25)6-7-20)17(26)23-16(12(5)24)18(27)22-14(19(28)29)9-11(3)4/h10-14,16,24H,6-9,20H2,1-5H3,(H,21,25)(H,22,27)(H,23,26)(H,28,29)/t12-,13+,14+,16+/m1/s1. The molecule has 3 amide bonds.